The molecule has 4 heteroatoms. The van der Waals surface area contributed by atoms with Crippen molar-refractivity contribution in [2.75, 3.05) is 0 Å². The Morgan fingerprint density at radius 2 is 1.20 bits per heavy atom. The minimum atomic E-state index is -0.254. The van der Waals surface area contributed by atoms with Gasteiger partial charge in [-0.2, -0.15) is 0 Å². The Hall–Kier alpha value is -5.32. The summed E-state index contributed by atoms with van der Waals surface area (Å²) in [7, 11) is 0. The highest BCUT2D eigenvalue weighted by molar-refractivity contribution is 7.26. The van der Waals surface area contributed by atoms with Crippen LogP contribution in [0.15, 0.2) is 127 Å². The molecule has 1 aliphatic rings. The lowest BCUT2D eigenvalue weighted by molar-refractivity contribution is 0.657. The molecule has 1 aliphatic carbocycles. The highest BCUT2D eigenvalue weighted by Crippen LogP contribution is 2.52. The third-order valence-electron chi connectivity index (χ3n) is 9.78. The van der Waals surface area contributed by atoms with Crippen molar-refractivity contribution in [1.29, 1.82) is 0 Å². The smallest absolute Gasteiger partial charge is 0.235 e. The third-order valence-corrected chi connectivity index (χ3v) is 11.0. The molecular weight excluding hydrogens is 567 g/mol. The molecule has 9 aromatic rings. The first-order chi connectivity index (χ1) is 22.1. The van der Waals surface area contributed by atoms with Crippen LogP contribution >= 0.6 is 11.3 Å². The topological polar surface area (TPSA) is 30.7 Å². The molecular formula is C41H27N3S. The van der Waals surface area contributed by atoms with Crippen LogP contribution in [-0.4, -0.2) is 14.5 Å². The average molecular weight is 594 g/mol. The molecule has 3 aromatic heterocycles. The van der Waals surface area contributed by atoms with Gasteiger partial charge in [0.15, 0.2) is 0 Å². The van der Waals surface area contributed by atoms with Crippen LogP contribution < -0.4 is 0 Å². The third kappa shape index (κ3) is 3.35. The molecule has 0 saturated heterocycles. The molecule has 3 nitrogen and oxygen atoms in total. The summed E-state index contributed by atoms with van der Waals surface area (Å²) in [6.07, 6.45) is 0. The van der Waals surface area contributed by atoms with Crippen molar-refractivity contribution in [2.24, 2.45) is 0 Å². The maximum atomic E-state index is 5.59. The number of benzene rings is 6. The number of hydrogen-bond acceptors (Lipinski definition) is 3. The molecule has 0 radical (unpaired) electrons. The molecule has 0 saturated carbocycles. The van der Waals surface area contributed by atoms with Gasteiger partial charge in [0.1, 0.15) is 0 Å². The molecule has 0 N–H and O–H groups in total. The number of para-hydroxylation sites is 1. The SMILES string of the molecule is CC1(C)c2ccccc2-c2nc(-n3c4ccccc4c4cc5ccccc5cc43)nc(-c3cccc4c3sc3ccccc34)c21. The van der Waals surface area contributed by atoms with E-state index in [1.165, 1.54) is 64.0 Å². The van der Waals surface area contributed by atoms with Crippen LogP contribution in [0.2, 0.25) is 0 Å². The zero-order valence-corrected chi connectivity index (χ0v) is 25.7. The van der Waals surface area contributed by atoms with Gasteiger partial charge in [-0.25, -0.2) is 9.97 Å². The first-order valence-corrected chi connectivity index (χ1v) is 16.2. The zero-order chi connectivity index (χ0) is 29.9. The Kier molecular flexibility index (Phi) is 4.94. The van der Waals surface area contributed by atoms with Crippen molar-refractivity contribution >= 4 is 64.1 Å². The second-order valence-electron chi connectivity index (χ2n) is 12.6. The quantitative estimate of drug-likeness (QED) is 0.200. The van der Waals surface area contributed by atoms with Crippen LogP contribution in [-0.2, 0) is 5.41 Å². The van der Waals surface area contributed by atoms with Crippen molar-refractivity contribution < 1.29 is 0 Å². The van der Waals surface area contributed by atoms with Gasteiger partial charge in [-0.15, -0.1) is 11.3 Å². The molecule has 0 unspecified atom stereocenters. The second-order valence-corrected chi connectivity index (χ2v) is 13.7. The minimum Gasteiger partial charge on any atom is -0.278 e. The van der Waals surface area contributed by atoms with Gasteiger partial charge >= 0.3 is 0 Å². The van der Waals surface area contributed by atoms with Gasteiger partial charge in [-0.1, -0.05) is 117 Å². The number of thiophene rings is 1. The van der Waals surface area contributed by atoms with Crippen molar-refractivity contribution in [2.45, 2.75) is 19.3 Å². The summed E-state index contributed by atoms with van der Waals surface area (Å²) in [5, 5.41) is 7.42. The van der Waals surface area contributed by atoms with Crippen molar-refractivity contribution in [3.8, 4) is 28.5 Å². The molecule has 0 amide bonds. The van der Waals surface area contributed by atoms with Crippen LogP contribution in [0.5, 0.6) is 0 Å². The normalized spacial score (nSPS) is 13.7. The molecule has 6 aromatic carbocycles. The Bertz CT molecular complexity index is 2690. The number of fused-ring (bicyclic) bond motifs is 10. The van der Waals surface area contributed by atoms with Crippen molar-refractivity contribution in [1.82, 2.24) is 14.5 Å². The highest BCUT2D eigenvalue weighted by Gasteiger charge is 2.40. The van der Waals surface area contributed by atoms with Crippen molar-refractivity contribution in [3.05, 3.63) is 139 Å². The summed E-state index contributed by atoms with van der Waals surface area (Å²) in [5.74, 6) is 0.704. The lowest BCUT2D eigenvalue weighted by Gasteiger charge is -2.24. The standard InChI is InChI=1S/C41H27N3S/c1-41(2)32-19-8-5-16-29(32)37-36(41)38(30-18-11-17-28-27-15-7-10-21-35(27)45-39(28)30)43-40(42-37)44-33-20-9-6-14-26(33)31-22-24-12-3-4-13-25(24)23-34(31)44/h3-23H,1-2H3. The molecule has 3 heterocycles. The van der Waals surface area contributed by atoms with Crippen molar-refractivity contribution in [3.63, 3.8) is 0 Å². The lowest BCUT2D eigenvalue weighted by Crippen LogP contribution is -2.18. The maximum Gasteiger partial charge on any atom is 0.235 e. The van der Waals surface area contributed by atoms with Gasteiger partial charge in [0.05, 0.1) is 22.4 Å². The molecule has 0 atom stereocenters. The minimum absolute atomic E-state index is 0.254. The van der Waals surface area contributed by atoms with Gasteiger partial charge in [0.2, 0.25) is 5.95 Å². The average Bonchev–Trinajstić information content (AvgIpc) is 3.69. The Morgan fingerprint density at radius 3 is 2.07 bits per heavy atom. The molecule has 45 heavy (non-hydrogen) atoms. The first-order valence-electron chi connectivity index (χ1n) is 15.4. The van der Waals surface area contributed by atoms with Crippen LogP contribution in [0.25, 0.3) is 81.2 Å². The van der Waals surface area contributed by atoms with Crippen LogP contribution in [0.1, 0.15) is 25.0 Å². The molecule has 212 valence electrons. The summed E-state index contributed by atoms with van der Waals surface area (Å²) in [5.41, 5.74) is 8.87. The van der Waals surface area contributed by atoms with E-state index < -0.39 is 0 Å². The summed E-state index contributed by atoms with van der Waals surface area (Å²) >= 11 is 1.86. The van der Waals surface area contributed by atoms with Crippen LogP contribution in [0.3, 0.4) is 0 Å². The number of hydrogen-bond donors (Lipinski definition) is 0. The van der Waals surface area contributed by atoms with Crippen LogP contribution in [0.4, 0.5) is 0 Å². The molecule has 0 spiro atoms. The van der Waals surface area contributed by atoms with Gasteiger partial charge in [0, 0.05) is 53.1 Å². The number of aromatic nitrogens is 3. The predicted octanol–water partition coefficient (Wildman–Crippen LogP) is 11.1. The van der Waals surface area contributed by atoms with E-state index in [1.807, 2.05) is 11.3 Å². The van der Waals surface area contributed by atoms with Gasteiger partial charge < -0.3 is 0 Å². The fourth-order valence-electron chi connectivity index (χ4n) is 7.70. The molecule has 0 aliphatic heterocycles. The Morgan fingerprint density at radius 1 is 0.556 bits per heavy atom. The first kappa shape index (κ1) is 25.1. The van der Waals surface area contributed by atoms with E-state index >= 15 is 0 Å². The van der Waals surface area contributed by atoms with E-state index in [1.54, 1.807) is 0 Å². The number of nitrogens with zero attached hydrogens (tertiary/aromatic N) is 3. The zero-order valence-electron chi connectivity index (χ0n) is 24.9. The van der Waals surface area contributed by atoms with E-state index in [9.17, 15) is 0 Å². The summed E-state index contributed by atoms with van der Waals surface area (Å²) in [4.78, 5) is 11.1. The fraction of sp³-hybridized carbons (Fsp3) is 0.0732. The fourth-order valence-corrected chi connectivity index (χ4v) is 8.92. The monoisotopic (exact) mass is 593 g/mol. The largest absolute Gasteiger partial charge is 0.278 e. The molecule has 0 fully saturated rings. The van der Waals surface area contributed by atoms with Gasteiger partial charge in [-0.3, -0.25) is 4.57 Å². The molecule has 0 bridgehead atoms. The van der Waals surface area contributed by atoms with E-state index in [-0.39, 0.29) is 5.41 Å². The van der Waals surface area contributed by atoms with Gasteiger partial charge in [-0.05, 0) is 40.6 Å². The summed E-state index contributed by atoms with van der Waals surface area (Å²) in [6, 6.07) is 46.0. The van der Waals surface area contributed by atoms with E-state index in [0.717, 1.165) is 22.4 Å². The lowest BCUT2D eigenvalue weighted by atomic mass is 9.81. The predicted molar refractivity (Wildman–Crippen MR) is 190 cm³/mol. The van der Waals surface area contributed by atoms with Gasteiger partial charge in [0.25, 0.3) is 0 Å². The summed E-state index contributed by atoms with van der Waals surface area (Å²) in [6.45, 7) is 4.64. The highest BCUT2D eigenvalue weighted by atomic mass is 32.1. The molecule has 10 rings (SSSR count). The second kappa shape index (κ2) is 8.87. The van der Waals surface area contributed by atoms with Crippen LogP contribution in [0, 0.1) is 0 Å². The van der Waals surface area contributed by atoms with E-state index in [0.29, 0.717) is 5.95 Å². The summed E-state index contributed by atoms with van der Waals surface area (Å²) < 4.78 is 4.84. The Balaban J connectivity index is 1.37. The number of rotatable bonds is 2. The van der Waals surface area contributed by atoms with E-state index in [4.69, 9.17) is 9.97 Å². The Labute approximate surface area is 264 Å². The maximum absolute atomic E-state index is 5.59. The van der Waals surface area contributed by atoms with E-state index in [2.05, 4.69) is 146 Å².